The molecule has 2 aromatic rings. The summed E-state index contributed by atoms with van der Waals surface area (Å²) >= 11 is 0. The number of carbonyl (C=O) groups excluding carboxylic acids is 1. The lowest BCUT2D eigenvalue weighted by Crippen LogP contribution is -2.31. The van der Waals surface area contributed by atoms with E-state index in [0.717, 1.165) is 43.6 Å². The number of hydrogen-bond acceptors (Lipinski definition) is 3. The van der Waals surface area contributed by atoms with Gasteiger partial charge in [-0.05, 0) is 61.1 Å². The molecule has 0 bridgehead atoms. The maximum absolute atomic E-state index is 12.9. The molecule has 3 heteroatoms. The molecule has 1 saturated carbocycles. The molecule has 0 N–H and O–H groups in total. The van der Waals surface area contributed by atoms with Crippen molar-refractivity contribution in [2.45, 2.75) is 32.1 Å². The van der Waals surface area contributed by atoms with Crippen LogP contribution in [-0.4, -0.2) is 20.0 Å². The number of ether oxygens (including phenoxy) is 2. The Labute approximate surface area is 150 Å². The summed E-state index contributed by atoms with van der Waals surface area (Å²) in [5.74, 6) is 2.43. The predicted octanol–water partition coefficient (Wildman–Crippen LogP) is 4.47. The van der Waals surface area contributed by atoms with E-state index in [0.29, 0.717) is 5.78 Å². The maximum atomic E-state index is 12.9. The Balaban J connectivity index is 1.63. The molecule has 0 spiro atoms. The van der Waals surface area contributed by atoms with Gasteiger partial charge in [-0.1, -0.05) is 30.7 Å². The molecule has 25 heavy (non-hydrogen) atoms. The molecule has 132 valence electrons. The van der Waals surface area contributed by atoms with Crippen molar-refractivity contribution in [2.24, 2.45) is 11.8 Å². The molecule has 0 saturated heterocycles. The fourth-order valence-corrected chi connectivity index (χ4v) is 3.73. The molecule has 2 aromatic carbocycles. The van der Waals surface area contributed by atoms with Crippen LogP contribution in [0.25, 0.3) is 0 Å². The van der Waals surface area contributed by atoms with Gasteiger partial charge in [-0.25, -0.2) is 0 Å². The number of rotatable bonds is 6. The predicted molar refractivity (Wildman–Crippen MR) is 99.2 cm³/mol. The largest absolute Gasteiger partial charge is 0.497 e. The zero-order valence-electron chi connectivity index (χ0n) is 15.0. The van der Waals surface area contributed by atoms with Crippen LogP contribution in [-0.2, 0) is 17.6 Å². The van der Waals surface area contributed by atoms with Gasteiger partial charge in [0.2, 0.25) is 0 Å². The Kier molecular flexibility index (Phi) is 5.75. The van der Waals surface area contributed by atoms with Crippen LogP contribution in [0.5, 0.6) is 11.5 Å². The highest BCUT2D eigenvalue weighted by atomic mass is 16.5. The first kappa shape index (κ1) is 17.5. The number of ketones is 1. The molecule has 0 heterocycles. The highest BCUT2D eigenvalue weighted by molar-refractivity contribution is 5.84. The standard InChI is InChI=1S/C22H26O3/c1-24-20-10-6-16(7-11-20)14-18-4-3-5-19(22(18)23)15-17-8-12-21(25-2)13-9-17/h6-13,18-19H,3-5,14-15H2,1-2H3/t18-,19-/m0/s1. The van der Waals surface area contributed by atoms with Crippen LogP contribution >= 0.6 is 0 Å². The molecule has 0 radical (unpaired) electrons. The van der Waals surface area contributed by atoms with E-state index in [2.05, 4.69) is 24.3 Å². The first-order chi connectivity index (χ1) is 12.2. The lowest BCUT2D eigenvalue weighted by atomic mass is 9.75. The van der Waals surface area contributed by atoms with Crippen molar-refractivity contribution in [3.8, 4) is 11.5 Å². The minimum atomic E-state index is 0.144. The van der Waals surface area contributed by atoms with E-state index < -0.39 is 0 Å². The third kappa shape index (κ3) is 4.41. The molecule has 1 aliphatic carbocycles. The molecule has 0 amide bonds. The lowest BCUT2D eigenvalue weighted by Gasteiger charge is -2.28. The Morgan fingerprint density at radius 3 is 1.52 bits per heavy atom. The second kappa shape index (κ2) is 8.19. The van der Waals surface area contributed by atoms with Crippen LogP contribution in [0.1, 0.15) is 30.4 Å². The maximum Gasteiger partial charge on any atom is 0.139 e. The SMILES string of the molecule is COc1ccc(C[C@@H]2CCC[C@@H](Cc3ccc(OC)cc3)C2=O)cc1. The molecule has 1 fully saturated rings. The van der Waals surface area contributed by atoms with E-state index in [9.17, 15) is 4.79 Å². The van der Waals surface area contributed by atoms with Gasteiger partial charge in [-0.3, -0.25) is 4.79 Å². The summed E-state index contributed by atoms with van der Waals surface area (Å²) in [6.45, 7) is 0. The van der Waals surface area contributed by atoms with E-state index in [4.69, 9.17) is 9.47 Å². The van der Waals surface area contributed by atoms with Gasteiger partial charge in [0.25, 0.3) is 0 Å². The second-order valence-corrected chi connectivity index (χ2v) is 6.83. The highest BCUT2D eigenvalue weighted by Crippen LogP contribution is 2.31. The van der Waals surface area contributed by atoms with Crippen LogP contribution < -0.4 is 9.47 Å². The molecule has 2 atom stereocenters. The van der Waals surface area contributed by atoms with E-state index in [1.165, 1.54) is 11.1 Å². The van der Waals surface area contributed by atoms with Crippen molar-refractivity contribution in [3.05, 3.63) is 59.7 Å². The zero-order chi connectivity index (χ0) is 17.6. The zero-order valence-corrected chi connectivity index (χ0v) is 15.0. The molecule has 3 nitrogen and oxygen atoms in total. The van der Waals surface area contributed by atoms with Crippen LogP contribution in [0, 0.1) is 11.8 Å². The van der Waals surface area contributed by atoms with Crippen LogP contribution in [0.4, 0.5) is 0 Å². The van der Waals surface area contributed by atoms with Crippen LogP contribution in [0.3, 0.4) is 0 Å². The van der Waals surface area contributed by atoms with Crippen LogP contribution in [0.15, 0.2) is 48.5 Å². The number of Topliss-reactive ketones (excluding diaryl/α,β-unsaturated/α-hetero) is 1. The van der Waals surface area contributed by atoms with Gasteiger partial charge in [0, 0.05) is 11.8 Å². The fourth-order valence-electron chi connectivity index (χ4n) is 3.73. The minimum Gasteiger partial charge on any atom is -0.497 e. The highest BCUT2D eigenvalue weighted by Gasteiger charge is 2.31. The quantitative estimate of drug-likeness (QED) is 0.779. The van der Waals surface area contributed by atoms with Crippen molar-refractivity contribution in [1.29, 1.82) is 0 Å². The Morgan fingerprint density at radius 1 is 0.760 bits per heavy atom. The van der Waals surface area contributed by atoms with Crippen molar-refractivity contribution in [1.82, 2.24) is 0 Å². The van der Waals surface area contributed by atoms with E-state index in [-0.39, 0.29) is 11.8 Å². The summed E-state index contributed by atoms with van der Waals surface area (Å²) in [4.78, 5) is 12.9. The van der Waals surface area contributed by atoms with Gasteiger partial charge in [0.15, 0.2) is 0 Å². The molecular formula is C22H26O3. The molecule has 0 aromatic heterocycles. The third-order valence-corrected chi connectivity index (χ3v) is 5.19. The van der Waals surface area contributed by atoms with Crippen molar-refractivity contribution in [3.63, 3.8) is 0 Å². The monoisotopic (exact) mass is 338 g/mol. The molecule has 0 aliphatic heterocycles. The average molecular weight is 338 g/mol. The van der Waals surface area contributed by atoms with Gasteiger partial charge < -0.3 is 9.47 Å². The molecule has 3 rings (SSSR count). The van der Waals surface area contributed by atoms with Crippen molar-refractivity contribution >= 4 is 5.78 Å². The summed E-state index contributed by atoms with van der Waals surface area (Å²) in [5, 5.41) is 0. The van der Waals surface area contributed by atoms with Gasteiger partial charge in [0.1, 0.15) is 17.3 Å². The molecule has 0 unspecified atom stereocenters. The number of benzene rings is 2. The minimum absolute atomic E-state index is 0.144. The number of carbonyl (C=O) groups is 1. The second-order valence-electron chi connectivity index (χ2n) is 6.83. The van der Waals surface area contributed by atoms with E-state index >= 15 is 0 Å². The number of methoxy groups -OCH3 is 2. The van der Waals surface area contributed by atoms with Crippen molar-refractivity contribution < 1.29 is 14.3 Å². The first-order valence-corrected chi connectivity index (χ1v) is 8.99. The van der Waals surface area contributed by atoms with Crippen LogP contribution in [0.2, 0.25) is 0 Å². The topological polar surface area (TPSA) is 35.5 Å². The summed E-state index contributed by atoms with van der Waals surface area (Å²) < 4.78 is 10.4. The normalized spacial score (nSPS) is 20.3. The van der Waals surface area contributed by atoms with Gasteiger partial charge in [0.05, 0.1) is 14.2 Å². The third-order valence-electron chi connectivity index (χ3n) is 5.19. The molecule has 1 aliphatic rings. The van der Waals surface area contributed by atoms with Gasteiger partial charge in [-0.15, -0.1) is 0 Å². The summed E-state index contributed by atoms with van der Waals surface area (Å²) in [5.41, 5.74) is 2.42. The van der Waals surface area contributed by atoms with Crippen molar-refractivity contribution in [2.75, 3.05) is 14.2 Å². The fraction of sp³-hybridized carbons (Fsp3) is 0.409. The molecular weight excluding hydrogens is 312 g/mol. The Morgan fingerprint density at radius 2 is 1.16 bits per heavy atom. The van der Waals surface area contributed by atoms with Gasteiger partial charge in [-0.2, -0.15) is 0 Å². The first-order valence-electron chi connectivity index (χ1n) is 8.99. The summed E-state index contributed by atoms with van der Waals surface area (Å²) in [7, 11) is 3.34. The smallest absolute Gasteiger partial charge is 0.139 e. The Bertz CT molecular complexity index is 629. The summed E-state index contributed by atoms with van der Waals surface area (Å²) in [6, 6.07) is 16.2. The average Bonchev–Trinajstić information content (AvgIpc) is 2.66. The Hall–Kier alpha value is -2.29. The number of hydrogen-bond donors (Lipinski definition) is 0. The summed E-state index contributed by atoms with van der Waals surface area (Å²) in [6.07, 6.45) is 4.81. The lowest BCUT2D eigenvalue weighted by molar-refractivity contribution is -0.129. The van der Waals surface area contributed by atoms with E-state index in [1.807, 2.05) is 24.3 Å². The van der Waals surface area contributed by atoms with E-state index in [1.54, 1.807) is 14.2 Å². The van der Waals surface area contributed by atoms with Gasteiger partial charge >= 0.3 is 0 Å².